The molecule has 3 unspecified atom stereocenters. The maximum atomic E-state index is 15.0. The van der Waals surface area contributed by atoms with Crippen LogP contribution in [0.3, 0.4) is 0 Å². The first-order valence-corrected chi connectivity index (χ1v) is 15.8. The highest BCUT2D eigenvalue weighted by Crippen LogP contribution is 2.38. The molecule has 1 aliphatic heterocycles. The fourth-order valence-corrected chi connectivity index (χ4v) is 4.88. The molecule has 2 N–H and O–H groups in total. The number of likely N-dealkylation sites (N-methyl/N-ethyl adjacent to an activating group) is 1. The fraction of sp³-hybridized carbons (Fsp3) is 0.667. The lowest BCUT2D eigenvalue weighted by Gasteiger charge is -2.43. The van der Waals surface area contributed by atoms with E-state index in [1.807, 2.05) is 34.6 Å². The second-order valence-corrected chi connectivity index (χ2v) is 11.4. The number of hydrogen-bond donors (Lipinski definition) is 1. The summed E-state index contributed by atoms with van der Waals surface area (Å²) in [7, 11) is 2.21. The third kappa shape index (κ3) is 16.1. The van der Waals surface area contributed by atoms with Crippen LogP contribution in [-0.4, -0.2) is 24.6 Å². The van der Waals surface area contributed by atoms with E-state index < -0.39 is 0 Å². The predicted molar refractivity (Wildman–Crippen MR) is 176 cm³/mol. The summed E-state index contributed by atoms with van der Waals surface area (Å²) >= 11 is 0. The molecule has 0 amide bonds. The summed E-state index contributed by atoms with van der Waals surface area (Å²) in [4.78, 5) is 0. The van der Waals surface area contributed by atoms with E-state index in [2.05, 4.69) is 79.0 Å². The number of allylic oxidation sites excluding steroid dienone is 3. The minimum atomic E-state index is -0.104. The van der Waals surface area contributed by atoms with Gasteiger partial charge in [-0.25, -0.2) is 4.39 Å². The van der Waals surface area contributed by atoms with Gasteiger partial charge in [0.15, 0.2) is 0 Å². The molecule has 3 atom stereocenters. The van der Waals surface area contributed by atoms with Crippen LogP contribution in [0.2, 0.25) is 0 Å². The summed E-state index contributed by atoms with van der Waals surface area (Å²) in [6.07, 6.45) is 19.2. The normalized spacial score (nSPS) is 21.7. The summed E-state index contributed by atoms with van der Waals surface area (Å²) in [5, 5.41) is 0. The van der Waals surface area contributed by atoms with Gasteiger partial charge in [-0.15, -0.1) is 0 Å². The van der Waals surface area contributed by atoms with Gasteiger partial charge < -0.3 is 10.2 Å². The lowest BCUT2D eigenvalue weighted by molar-refractivity contribution is -0.928. The Morgan fingerprint density at radius 3 is 2.21 bits per heavy atom. The molecule has 1 heterocycles. The fourth-order valence-electron chi connectivity index (χ4n) is 4.88. The van der Waals surface area contributed by atoms with Gasteiger partial charge in [0.2, 0.25) is 0 Å². The van der Waals surface area contributed by atoms with Crippen molar-refractivity contribution in [3.05, 3.63) is 70.2 Å². The molecule has 226 valence electrons. The summed E-state index contributed by atoms with van der Waals surface area (Å²) < 4.78 is 15.7. The van der Waals surface area contributed by atoms with Crippen molar-refractivity contribution in [2.75, 3.05) is 20.1 Å². The van der Waals surface area contributed by atoms with E-state index in [4.69, 9.17) is 5.73 Å². The van der Waals surface area contributed by atoms with Crippen molar-refractivity contribution < 1.29 is 8.87 Å². The highest BCUT2D eigenvalue weighted by molar-refractivity contribution is 5.38. The molecule has 2 rings (SSSR count). The molecule has 3 heteroatoms. The second kappa shape index (κ2) is 22.9. The number of halogens is 1. The molecule has 0 saturated carbocycles. The van der Waals surface area contributed by atoms with Gasteiger partial charge in [0, 0.05) is 12.1 Å². The Bertz CT molecular complexity index is 825. The van der Waals surface area contributed by atoms with Gasteiger partial charge in [-0.05, 0) is 62.5 Å². The van der Waals surface area contributed by atoms with Crippen LogP contribution in [0, 0.1) is 25.6 Å². The lowest BCUT2D eigenvalue weighted by Crippen LogP contribution is -2.49. The van der Waals surface area contributed by atoms with E-state index in [-0.39, 0.29) is 11.9 Å². The third-order valence-electron chi connectivity index (χ3n) is 7.19. The van der Waals surface area contributed by atoms with Crippen molar-refractivity contribution in [1.29, 1.82) is 0 Å². The van der Waals surface area contributed by atoms with Crippen LogP contribution >= 0.6 is 0 Å². The number of quaternary nitrogens is 1. The number of hydrogen-bond acceptors (Lipinski definition) is 1. The Morgan fingerprint density at radius 1 is 1.08 bits per heavy atom. The van der Waals surface area contributed by atoms with Gasteiger partial charge in [0.25, 0.3) is 0 Å². The monoisotopic (exact) mass is 546 g/mol. The van der Waals surface area contributed by atoms with E-state index in [0.29, 0.717) is 0 Å². The van der Waals surface area contributed by atoms with Crippen LogP contribution in [0.25, 0.3) is 0 Å². The molecule has 0 aromatic heterocycles. The molecule has 0 spiro atoms. The SMILES string of the molecule is C/C(N)=C\C[N+]1(C)CC/C=C\C=C(/C)C1c1c(C)cc(C)cc1F.CC.CCC.CCCCCCC(C)CC. The highest BCUT2D eigenvalue weighted by Gasteiger charge is 2.37. The van der Waals surface area contributed by atoms with Crippen molar-refractivity contribution in [2.45, 2.75) is 134 Å². The molecule has 1 aliphatic rings. The van der Waals surface area contributed by atoms with E-state index in [9.17, 15) is 4.39 Å². The molecule has 0 fully saturated rings. The largest absolute Gasteiger partial charge is 0.402 e. The van der Waals surface area contributed by atoms with Crippen molar-refractivity contribution >= 4 is 0 Å². The maximum Gasteiger partial charge on any atom is 0.140 e. The molecule has 1 aromatic carbocycles. The van der Waals surface area contributed by atoms with Crippen LogP contribution < -0.4 is 5.73 Å². The van der Waals surface area contributed by atoms with Gasteiger partial charge in [-0.2, -0.15) is 0 Å². The third-order valence-corrected chi connectivity index (χ3v) is 7.19. The molecular formula is C36H66FN2+. The molecule has 39 heavy (non-hydrogen) atoms. The van der Waals surface area contributed by atoms with Gasteiger partial charge in [0.1, 0.15) is 11.9 Å². The van der Waals surface area contributed by atoms with Crippen LogP contribution in [0.15, 0.2) is 47.7 Å². The molecule has 0 bridgehead atoms. The first-order valence-electron chi connectivity index (χ1n) is 15.8. The summed E-state index contributed by atoms with van der Waals surface area (Å²) in [6, 6.07) is 3.72. The van der Waals surface area contributed by atoms with Crippen molar-refractivity contribution in [2.24, 2.45) is 11.7 Å². The van der Waals surface area contributed by atoms with Crippen molar-refractivity contribution in [1.82, 2.24) is 0 Å². The number of aryl methyl sites for hydroxylation is 2. The Kier molecular flexibility index (Phi) is 23.1. The van der Waals surface area contributed by atoms with Crippen LogP contribution in [-0.2, 0) is 0 Å². The number of benzene rings is 1. The highest BCUT2D eigenvalue weighted by atomic mass is 19.1. The van der Waals surface area contributed by atoms with Crippen molar-refractivity contribution in [3.8, 4) is 0 Å². The van der Waals surface area contributed by atoms with E-state index >= 15 is 0 Å². The number of nitrogens with two attached hydrogens (primary N) is 1. The zero-order valence-electron chi connectivity index (χ0n) is 28.1. The topological polar surface area (TPSA) is 26.0 Å². The second-order valence-electron chi connectivity index (χ2n) is 11.4. The number of nitrogens with zero attached hydrogens (tertiary/aromatic N) is 1. The minimum Gasteiger partial charge on any atom is -0.402 e. The molecule has 0 radical (unpaired) electrons. The first-order chi connectivity index (χ1) is 18.5. The van der Waals surface area contributed by atoms with Crippen molar-refractivity contribution in [3.63, 3.8) is 0 Å². The van der Waals surface area contributed by atoms with Gasteiger partial charge in [-0.3, -0.25) is 0 Å². The van der Waals surface area contributed by atoms with Gasteiger partial charge >= 0.3 is 0 Å². The van der Waals surface area contributed by atoms with E-state index in [1.165, 1.54) is 50.5 Å². The smallest absolute Gasteiger partial charge is 0.140 e. The quantitative estimate of drug-likeness (QED) is 0.242. The van der Waals surface area contributed by atoms with Crippen LogP contribution in [0.4, 0.5) is 4.39 Å². The standard InChI is InChI=1S/C21H30FN2.C10H22.C3H8.C2H6/c1-15-13-17(3)20(19(22)14-15)21-16(2)9-7-6-8-11-24(21,5)12-10-18(4)23;1-4-6-7-8-9-10(3)5-2;1-3-2;1-2/h6-7,9-10,13-14,21H,8,11-12,23H2,1-5H3;10H,4-9H2,1-3H3;3H2,1-2H3;1-2H3/q+1;;;/b7-6-,16-9+,18-10+;;;. The minimum absolute atomic E-state index is 0.00819. The molecule has 0 saturated heterocycles. The summed E-state index contributed by atoms with van der Waals surface area (Å²) in [5.41, 5.74) is 10.7. The molecule has 2 nitrogen and oxygen atoms in total. The molecular weight excluding hydrogens is 479 g/mol. The molecule has 1 aromatic rings. The lowest BCUT2D eigenvalue weighted by atomic mass is 9.89. The predicted octanol–water partition coefficient (Wildman–Crippen LogP) is 11.1. The van der Waals surface area contributed by atoms with Crippen LogP contribution in [0.5, 0.6) is 0 Å². The Morgan fingerprint density at radius 2 is 1.69 bits per heavy atom. The number of unbranched alkanes of at least 4 members (excludes halogenated alkanes) is 3. The Balaban J connectivity index is 0. The average molecular weight is 546 g/mol. The van der Waals surface area contributed by atoms with Gasteiger partial charge in [0.05, 0.1) is 25.7 Å². The Labute approximate surface area is 244 Å². The summed E-state index contributed by atoms with van der Waals surface area (Å²) in [6.45, 7) is 24.9. The Hall–Kier alpha value is -1.87. The maximum absolute atomic E-state index is 15.0. The van der Waals surface area contributed by atoms with E-state index in [1.54, 1.807) is 6.07 Å². The zero-order valence-corrected chi connectivity index (χ0v) is 28.1. The average Bonchev–Trinajstić information content (AvgIpc) is 2.88. The van der Waals surface area contributed by atoms with Gasteiger partial charge in [-0.1, -0.05) is 118 Å². The number of rotatable bonds is 9. The van der Waals surface area contributed by atoms with Crippen LogP contribution in [0.1, 0.15) is 136 Å². The van der Waals surface area contributed by atoms with E-state index in [0.717, 1.165) is 52.3 Å². The summed E-state index contributed by atoms with van der Waals surface area (Å²) in [5.74, 6) is 0.851. The zero-order chi connectivity index (χ0) is 30.4. The molecule has 0 aliphatic carbocycles. The first kappa shape index (κ1) is 39.3.